The van der Waals surface area contributed by atoms with Gasteiger partial charge in [0.2, 0.25) is 0 Å². The van der Waals surface area contributed by atoms with Crippen LogP contribution in [0.2, 0.25) is 0 Å². The summed E-state index contributed by atoms with van der Waals surface area (Å²) >= 11 is 0. The topological polar surface area (TPSA) is 29.3 Å². The number of rotatable bonds is 3. The number of nitrogens with zero attached hydrogens (tertiary/aromatic N) is 1. The van der Waals surface area contributed by atoms with Gasteiger partial charge in [-0.2, -0.15) is 0 Å². The number of nitrogens with two attached hydrogens (primary N) is 1. The van der Waals surface area contributed by atoms with Crippen LogP contribution in [0.1, 0.15) is 11.1 Å². The highest BCUT2D eigenvalue weighted by Crippen LogP contribution is 2.29. The molecule has 106 valence electrons. The number of nitrogen functional groups attached to an aromatic ring is 1. The van der Waals surface area contributed by atoms with Gasteiger partial charge in [0.25, 0.3) is 0 Å². The Labute approximate surface area is 125 Å². The first-order valence-corrected chi connectivity index (χ1v) is 7.17. The number of hydrogen-bond acceptors (Lipinski definition) is 2. The largest absolute Gasteiger partial charge is 0.399 e. The molecule has 21 heavy (non-hydrogen) atoms. The first kappa shape index (κ1) is 13.5. The van der Waals surface area contributed by atoms with Crippen molar-refractivity contribution in [3.63, 3.8) is 0 Å². The standard InChI is InChI=1S/C19H20N2/c1-21(2)19-11-10-15(17-8-3-4-9-18(17)19)12-14-6-5-7-16(20)13-14/h3-11,13H,12,20H2,1-2H3. The van der Waals surface area contributed by atoms with Gasteiger partial charge in [0, 0.05) is 30.9 Å². The molecule has 2 nitrogen and oxygen atoms in total. The second-order valence-electron chi connectivity index (χ2n) is 5.61. The van der Waals surface area contributed by atoms with Gasteiger partial charge in [-0.25, -0.2) is 0 Å². The summed E-state index contributed by atoms with van der Waals surface area (Å²) in [6, 6.07) is 21.1. The molecule has 0 atom stereocenters. The van der Waals surface area contributed by atoms with E-state index in [0.717, 1.165) is 12.1 Å². The highest BCUT2D eigenvalue weighted by atomic mass is 15.1. The summed E-state index contributed by atoms with van der Waals surface area (Å²) in [5.74, 6) is 0. The number of anilines is 2. The van der Waals surface area contributed by atoms with E-state index >= 15 is 0 Å². The normalized spacial score (nSPS) is 10.8. The van der Waals surface area contributed by atoms with Gasteiger partial charge in [-0.05, 0) is 41.1 Å². The Hall–Kier alpha value is -2.48. The molecule has 0 heterocycles. The zero-order valence-electron chi connectivity index (χ0n) is 12.5. The average Bonchev–Trinajstić information content (AvgIpc) is 2.47. The van der Waals surface area contributed by atoms with Crippen LogP contribution >= 0.6 is 0 Å². The summed E-state index contributed by atoms with van der Waals surface area (Å²) in [6.45, 7) is 0. The van der Waals surface area contributed by atoms with E-state index in [1.54, 1.807) is 0 Å². The average molecular weight is 276 g/mol. The van der Waals surface area contributed by atoms with E-state index in [2.05, 4.69) is 67.5 Å². The Bertz CT molecular complexity index is 775. The fraction of sp³-hybridized carbons (Fsp3) is 0.158. The molecule has 0 spiro atoms. The summed E-state index contributed by atoms with van der Waals surface area (Å²) < 4.78 is 0. The van der Waals surface area contributed by atoms with Crippen LogP contribution in [0.4, 0.5) is 11.4 Å². The summed E-state index contributed by atoms with van der Waals surface area (Å²) in [5, 5.41) is 2.61. The van der Waals surface area contributed by atoms with Crippen molar-refractivity contribution in [3.8, 4) is 0 Å². The van der Waals surface area contributed by atoms with Gasteiger partial charge in [0.15, 0.2) is 0 Å². The van der Waals surface area contributed by atoms with E-state index in [1.165, 1.54) is 27.6 Å². The predicted octanol–water partition coefficient (Wildman–Crippen LogP) is 4.08. The minimum atomic E-state index is 0.821. The Morgan fingerprint density at radius 2 is 1.62 bits per heavy atom. The van der Waals surface area contributed by atoms with Crippen LogP contribution in [0.5, 0.6) is 0 Å². The molecule has 0 saturated carbocycles. The van der Waals surface area contributed by atoms with Crippen LogP contribution < -0.4 is 10.6 Å². The molecule has 0 aromatic heterocycles. The molecule has 3 rings (SSSR count). The molecular weight excluding hydrogens is 256 g/mol. The summed E-state index contributed by atoms with van der Waals surface area (Å²) in [5.41, 5.74) is 10.5. The van der Waals surface area contributed by atoms with Crippen molar-refractivity contribution in [3.05, 3.63) is 71.8 Å². The minimum absolute atomic E-state index is 0.821. The summed E-state index contributed by atoms with van der Waals surface area (Å²) in [6.07, 6.45) is 0.902. The van der Waals surface area contributed by atoms with E-state index in [0.29, 0.717) is 0 Å². The van der Waals surface area contributed by atoms with Crippen LogP contribution in [0.3, 0.4) is 0 Å². The van der Waals surface area contributed by atoms with Crippen molar-refractivity contribution >= 4 is 22.1 Å². The molecule has 0 fully saturated rings. The lowest BCUT2D eigenvalue weighted by molar-refractivity contribution is 1.14. The molecule has 0 saturated heterocycles. The van der Waals surface area contributed by atoms with Crippen molar-refractivity contribution in [2.24, 2.45) is 0 Å². The van der Waals surface area contributed by atoms with Crippen molar-refractivity contribution in [2.45, 2.75) is 6.42 Å². The van der Waals surface area contributed by atoms with Gasteiger partial charge >= 0.3 is 0 Å². The molecule has 0 aliphatic carbocycles. The fourth-order valence-corrected chi connectivity index (χ4v) is 2.81. The third-order valence-electron chi connectivity index (χ3n) is 3.82. The zero-order chi connectivity index (χ0) is 14.8. The lowest BCUT2D eigenvalue weighted by Gasteiger charge is -2.17. The van der Waals surface area contributed by atoms with E-state index in [1.807, 2.05) is 12.1 Å². The van der Waals surface area contributed by atoms with Crippen LogP contribution in [0.15, 0.2) is 60.7 Å². The molecule has 0 bridgehead atoms. The molecule has 0 aliphatic heterocycles. The summed E-state index contributed by atoms with van der Waals surface area (Å²) in [4.78, 5) is 2.16. The van der Waals surface area contributed by atoms with Crippen molar-refractivity contribution in [1.29, 1.82) is 0 Å². The predicted molar refractivity (Wildman–Crippen MR) is 91.9 cm³/mol. The van der Waals surface area contributed by atoms with Crippen molar-refractivity contribution in [1.82, 2.24) is 0 Å². The van der Waals surface area contributed by atoms with Gasteiger partial charge in [-0.15, -0.1) is 0 Å². The van der Waals surface area contributed by atoms with Crippen molar-refractivity contribution < 1.29 is 0 Å². The van der Waals surface area contributed by atoms with Crippen molar-refractivity contribution in [2.75, 3.05) is 24.7 Å². The molecule has 0 aliphatic rings. The van der Waals surface area contributed by atoms with Gasteiger partial charge in [0.1, 0.15) is 0 Å². The van der Waals surface area contributed by atoms with Crippen LogP contribution in [-0.2, 0) is 6.42 Å². The number of fused-ring (bicyclic) bond motifs is 1. The van der Waals surface area contributed by atoms with Gasteiger partial charge in [-0.1, -0.05) is 42.5 Å². The van der Waals surface area contributed by atoms with Gasteiger partial charge < -0.3 is 10.6 Å². The Morgan fingerprint density at radius 1 is 0.857 bits per heavy atom. The monoisotopic (exact) mass is 276 g/mol. The SMILES string of the molecule is CN(C)c1ccc(Cc2cccc(N)c2)c2ccccc12. The van der Waals surface area contributed by atoms with E-state index < -0.39 is 0 Å². The lowest BCUT2D eigenvalue weighted by atomic mass is 9.97. The number of hydrogen-bond donors (Lipinski definition) is 1. The molecule has 0 radical (unpaired) electrons. The smallest absolute Gasteiger partial charge is 0.0440 e. The Kier molecular flexibility index (Phi) is 3.53. The molecule has 0 unspecified atom stereocenters. The second kappa shape index (κ2) is 5.49. The van der Waals surface area contributed by atoms with Gasteiger partial charge in [0.05, 0.1) is 0 Å². The molecule has 0 amide bonds. The third-order valence-corrected chi connectivity index (χ3v) is 3.82. The molecule has 2 heteroatoms. The Balaban J connectivity index is 2.10. The highest BCUT2D eigenvalue weighted by Gasteiger charge is 2.07. The third kappa shape index (κ3) is 2.70. The highest BCUT2D eigenvalue weighted by molar-refractivity contribution is 5.96. The first-order chi connectivity index (χ1) is 10.1. The maximum absolute atomic E-state index is 5.88. The second-order valence-corrected chi connectivity index (χ2v) is 5.61. The zero-order valence-corrected chi connectivity index (χ0v) is 12.5. The van der Waals surface area contributed by atoms with Crippen LogP contribution in [-0.4, -0.2) is 14.1 Å². The van der Waals surface area contributed by atoms with E-state index in [4.69, 9.17) is 5.73 Å². The fourth-order valence-electron chi connectivity index (χ4n) is 2.81. The van der Waals surface area contributed by atoms with E-state index in [-0.39, 0.29) is 0 Å². The Morgan fingerprint density at radius 3 is 2.33 bits per heavy atom. The van der Waals surface area contributed by atoms with Gasteiger partial charge in [-0.3, -0.25) is 0 Å². The molecular formula is C19H20N2. The molecule has 3 aromatic carbocycles. The van der Waals surface area contributed by atoms with Crippen LogP contribution in [0, 0.1) is 0 Å². The number of benzene rings is 3. The maximum atomic E-state index is 5.88. The minimum Gasteiger partial charge on any atom is -0.399 e. The lowest BCUT2D eigenvalue weighted by Crippen LogP contribution is -2.09. The van der Waals surface area contributed by atoms with E-state index in [9.17, 15) is 0 Å². The summed E-state index contributed by atoms with van der Waals surface area (Å²) in [7, 11) is 4.17. The molecule has 3 aromatic rings. The quantitative estimate of drug-likeness (QED) is 0.730. The first-order valence-electron chi connectivity index (χ1n) is 7.17. The maximum Gasteiger partial charge on any atom is 0.0440 e. The molecule has 2 N–H and O–H groups in total. The van der Waals surface area contributed by atoms with Crippen LogP contribution in [0.25, 0.3) is 10.8 Å².